The van der Waals surface area contributed by atoms with Crippen molar-refractivity contribution in [2.24, 2.45) is 4.99 Å². The van der Waals surface area contributed by atoms with Crippen LogP contribution in [0.1, 0.15) is 49.7 Å². The van der Waals surface area contributed by atoms with Gasteiger partial charge in [-0.25, -0.2) is 4.79 Å². The predicted molar refractivity (Wildman–Crippen MR) is 61.1 cm³/mol. The highest BCUT2D eigenvalue weighted by molar-refractivity contribution is 5.44. The van der Waals surface area contributed by atoms with Crippen LogP contribution in [0.15, 0.2) is 4.99 Å². The van der Waals surface area contributed by atoms with Crippen molar-refractivity contribution in [1.29, 1.82) is 0 Å². The normalized spacial score (nSPS) is 17.3. The third kappa shape index (κ3) is 1.50. The molecule has 16 heavy (non-hydrogen) atoms. The first kappa shape index (κ1) is 11.1. The van der Waals surface area contributed by atoms with Crippen LogP contribution in [0.2, 0.25) is 0 Å². The summed E-state index contributed by atoms with van der Waals surface area (Å²) in [5, 5.41) is 4.53. The number of rotatable bonds is 3. The summed E-state index contributed by atoms with van der Waals surface area (Å²) in [4.78, 5) is 14.5. The zero-order valence-electron chi connectivity index (χ0n) is 10.2. The lowest BCUT2D eigenvalue weighted by atomic mass is 10.0. The van der Waals surface area contributed by atoms with Crippen LogP contribution in [0.5, 0.6) is 0 Å². The predicted octanol–water partition coefficient (Wildman–Crippen LogP) is 2.41. The highest BCUT2D eigenvalue weighted by Gasteiger charge is 2.48. The van der Waals surface area contributed by atoms with Gasteiger partial charge in [0, 0.05) is 17.3 Å². The van der Waals surface area contributed by atoms with E-state index < -0.39 is 0 Å². The zero-order chi connectivity index (χ0) is 11.9. The fraction of sp³-hybridized carbons (Fsp3) is 0.667. The third-order valence-corrected chi connectivity index (χ3v) is 3.26. The number of isocyanates is 1. The van der Waals surface area contributed by atoms with Gasteiger partial charge in [-0.15, -0.1) is 0 Å². The first-order valence-electron chi connectivity index (χ1n) is 5.67. The molecule has 0 aromatic carbocycles. The summed E-state index contributed by atoms with van der Waals surface area (Å²) in [6.45, 7) is 8.24. The first-order valence-corrected chi connectivity index (χ1v) is 5.67. The standard InChI is InChI=1S/C12H17N3O/c1-8(2)15-10(4)11(9(3)14-15)12(5-6-12)13-7-16/h8H,5-6H2,1-4H3. The Morgan fingerprint density at radius 2 is 2.06 bits per heavy atom. The van der Waals surface area contributed by atoms with Crippen LogP contribution in [0, 0.1) is 13.8 Å². The van der Waals surface area contributed by atoms with Crippen LogP contribution in [0.3, 0.4) is 0 Å². The van der Waals surface area contributed by atoms with Crippen LogP contribution in [0.25, 0.3) is 0 Å². The molecule has 1 heterocycles. The highest BCUT2D eigenvalue weighted by Crippen LogP contribution is 2.51. The second-order valence-corrected chi connectivity index (χ2v) is 4.82. The molecule has 0 N–H and O–H groups in total. The zero-order valence-corrected chi connectivity index (χ0v) is 10.2. The Bertz CT molecular complexity index is 463. The molecule has 0 aliphatic heterocycles. The molecule has 0 radical (unpaired) electrons. The van der Waals surface area contributed by atoms with Gasteiger partial charge in [-0.2, -0.15) is 10.1 Å². The molecule has 4 heteroatoms. The molecule has 0 bridgehead atoms. The minimum Gasteiger partial charge on any atom is -0.267 e. The van der Waals surface area contributed by atoms with Gasteiger partial charge in [0.1, 0.15) is 5.54 Å². The van der Waals surface area contributed by atoms with E-state index in [1.165, 1.54) is 0 Å². The Morgan fingerprint density at radius 3 is 2.44 bits per heavy atom. The van der Waals surface area contributed by atoms with Crippen molar-refractivity contribution in [1.82, 2.24) is 9.78 Å². The van der Waals surface area contributed by atoms with Crippen LogP contribution >= 0.6 is 0 Å². The van der Waals surface area contributed by atoms with Gasteiger partial charge in [-0.05, 0) is 40.5 Å². The summed E-state index contributed by atoms with van der Waals surface area (Å²) in [7, 11) is 0. The van der Waals surface area contributed by atoms with Crippen molar-refractivity contribution >= 4 is 6.08 Å². The van der Waals surface area contributed by atoms with Gasteiger partial charge in [0.05, 0.1) is 5.69 Å². The average molecular weight is 219 g/mol. The second-order valence-electron chi connectivity index (χ2n) is 4.82. The summed E-state index contributed by atoms with van der Waals surface area (Å²) in [6, 6.07) is 0.337. The summed E-state index contributed by atoms with van der Waals surface area (Å²) < 4.78 is 2.01. The number of hydrogen-bond acceptors (Lipinski definition) is 3. The van der Waals surface area contributed by atoms with E-state index in [0.717, 1.165) is 29.8 Å². The molecular formula is C12H17N3O. The SMILES string of the molecule is Cc1nn(C(C)C)c(C)c1C1(N=C=O)CC1. The Labute approximate surface area is 95.4 Å². The van der Waals surface area contributed by atoms with E-state index in [1.54, 1.807) is 6.08 Å². The Hall–Kier alpha value is -1.41. The number of aromatic nitrogens is 2. The number of aryl methyl sites for hydroxylation is 1. The molecule has 0 atom stereocenters. The van der Waals surface area contributed by atoms with Gasteiger partial charge in [-0.1, -0.05) is 0 Å². The van der Waals surface area contributed by atoms with Crippen LogP contribution in [-0.2, 0) is 10.3 Å². The molecule has 1 aliphatic rings. The van der Waals surface area contributed by atoms with Crippen LogP contribution in [0.4, 0.5) is 0 Å². The monoisotopic (exact) mass is 219 g/mol. The van der Waals surface area contributed by atoms with Crippen LogP contribution < -0.4 is 0 Å². The largest absolute Gasteiger partial charge is 0.267 e. The maximum atomic E-state index is 10.5. The Balaban J connectivity index is 2.54. The van der Waals surface area contributed by atoms with Gasteiger partial charge in [0.15, 0.2) is 0 Å². The molecule has 0 amide bonds. The topological polar surface area (TPSA) is 47.2 Å². The fourth-order valence-electron chi connectivity index (χ4n) is 2.46. The molecule has 0 unspecified atom stereocenters. The van der Waals surface area contributed by atoms with E-state index in [4.69, 9.17) is 0 Å². The van der Waals surface area contributed by atoms with Crippen molar-refractivity contribution in [3.63, 3.8) is 0 Å². The van der Waals surface area contributed by atoms with E-state index in [-0.39, 0.29) is 5.54 Å². The molecule has 1 fully saturated rings. The molecular weight excluding hydrogens is 202 g/mol. The van der Waals surface area contributed by atoms with Gasteiger partial charge in [-0.3, -0.25) is 4.68 Å². The fourth-order valence-corrected chi connectivity index (χ4v) is 2.46. The summed E-state index contributed by atoms with van der Waals surface area (Å²) >= 11 is 0. The van der Waals surface area contributed by atoms with Crippen molar-refractivity contribution in [2.45, 2.75) is 52.1 Å². The molecule has 86 valence electrons. The second kappa shape index (κ2) is 3.56. The van der Waals surface area contributed by atoms with E-state index in [2.05, 4.69) is 30.9 Å². The summed E-state index contributed by atoms with van der Waals surface area (Å²) in [6.07, 6.45) is 3.58. The van der Waals surface area contributed by atoms with E-state index in [9.17, 15) is 4.79 Å². The van der Waals surface area contributed by atoms with Crippen molar-refractivity contribution < 1.29 is 4.79 Å². The molecule has 1 aliphatic carbocycles. The lowest BCUT2D eigenvalue weighted by Crippen LogP contribution is -2.08. The Morgan fingerprint density at radius 1 is 1.44 bits per heavy atom. The minimum absolute atomic E-state index is 0.303. The van der Waals surface area contributed by atoms with Gasteiger partial charge >= 0.3 is 0 Å². The smallest absolute Gasteiger partial charge is 0.235 e. The molecule has 1 aromatic rings. The number of aliphatic imine (C=N–C) groups is 1. The van der Waals surface area contributed by atoms with Gasteiger partial charge in [0.2, 0.25) is 6.08 Å². The van der Waals surface area contributed by atoms with Crippen molar-refractivity contribution in [2.75, 3.05) is 0 Å². The highest BCUT2D eigenvalue weighted by atomic mass is 16.1. The molecule has 1 aromatic heterocycles. The number of carbonyl (C=O) groups excluding carboxylic acids is 1. The third-order valence-electron chi connectivity index (χ3n) is 3.26. The van der Waals surface area contributed by atoms with Crippen LogP contribution in [-0.4, -0.2) is 15.9 Å². The molecule has 0 spiro atoms. The first-order chi connectivity index (χ1) is 7.52. The number of hydrogen-bond donors (Lipinski definition) is 0. The number of nitrogens with zero attached hydrogens (tertiary/aromatic N) is 3. The van der Waals surface area contributed by atoms with Gasteiger partial charge in [0.25, 0.3) is 0 Å². The lowest BCUT2D eigenvalue weighted by Gasteiger charge is -2.11. The quantitative estimate of drug-likeness (QED) is 0.579. The summed E-state index contributed by atoms with van der Waals surface area (Å²) in [5.41, 5.74) is 2.94. The van der Waals surface area contributed by atoms with E-state index in [0.29, 0.717) is 6.04 Å². The van der Waals surface area contributed by atoms with E-state index in [1.807, 2.05) is 11.6 Å². The molecule has 2 rings (SSSR count). The molecule has 1 saturated carbocycles. The molecule has 4 nitrogen and oxygen atoms in total. The lowest BCUT2D eigenvalue weighted by molar-refractivity contribution is 0.514. The maximum Gasteiger partial charge on any atom is 0.235 e. The van der Waals surface area contributed by atoms with Crippen molar-refractivity contribution in [3.8, 4) is 0 Å². The minimum atomic E-state index is -0.303. The van der Waals surface area contributed by atoms with Crippen molar-refractivity contribution in [3.05, 3.63) is 17.0 Å². The Kier molecular flexibility index (Phi) is 2.47. The molecule has 0 saturated heterocycles. The maximum absolute atomic E-state index is 10.5. The van der Waals surface area contributed by atoms with Gasteiger partial charge < -0.3 is 0 Å². The summed E-state index contributed by atoms with van der Waals surface area (Å²) in [5.74, 6) is 0. The van der Waals surface area contributed by atoms with E-state index >= 15 is 0 Å². The average Bonchev–Trinajstić information content (AvgIpc) is 2.88.